The highest BCUT2D eigenvalue weighted by Gasteiger charge is 2.17. The van der Waals surface area contributed by atoms with E-state index in [1.807, 2.05) is 0 Å². The minimum atomic E-state index is -0.447. The first kappa shape index (κ1) is 16.2. The summed E-state index contributed by atoms with van der Waals surface area (Å²) in [6, 6.07) is 2.96. The van der Waals surface area contributed by atoms with Crippen LogP contribution in [0, 0.1) is 17.0 Å². The Morgan fingerprint density at radius 3 is 1.95 bits per heavy atom. The first-order valence-corrected chi connectivity index (χ1v) is 6.12. The van der Waals surface area contributed by atoms with Gasteiger partial charge in [-0.25, -0.2) is 0 Å². The van der Waals surface area contributed by atoms with Gasteiger partial charge in [0.15, 0.2) is 11.5 Å². The van der Waals surface area contributed by atoms with E-state index in [0.717, 1.165) is 0 Å². The Labute approximate surface area is 117 Å². The molecule has 0 radical (unpaired) electrons. The van der Waals surface area contributed by atoms with Crippen molar-refractivity contribution < 1.29 is 23.9 Å². The lowest BCUT2D eigenvalue weighted by molar-refractivity contribution is -0.385. The summed E-state index contributed by atoms with van der Waals surface area (Å²) in [5, 5.41) is 10.9. The van der Waals surface area contributed by atoms with Crippen LogP contribution in [0.1, 0.15) is 5.56 Å². The van der Waals surface area contributed by atoms with Crippen LogP contribution in [0.5, 0.6) is 11.5 Å². The molecule has 0 aliphatic rings. The molecule has 0 aliphatic carbocycles. The molecule has 1 rings (SSSR count). The summed E-state index contributed by atoms with van der Waals surface area (Å²) < 4.78 is 20.8. The zero-order chi connectivity index (χ0) is 15.0. The number of hydrogen-bond acceptors (Lipinski definition) is 6. The second-order valence-corrected chi connectivity index (χ2v) is 4.03. The van der Waals surface area contributed by atoms with Crippen molar-refractivity contribution in [2.75, 3.05) is 40.6 Å². The van der Waals surface area contributed by atoms with Crippen molar-refractivity contribution >= 4 is 5.69 Å². The SMILES string of the molecule is COCCOc1cc(C)c([N+](=O)[O-])cc1OCCOC. The molecule has 7 heteroatoms. The van der Waals surface area contributed by atoms with Crippen molar-refractivity contribution in [3.8, 4) is 11.5 Å². The Hall–Kier alpha value is -1.86. The molecule has 0 saturated carbocycles. The lowest BCUT2D eigenvalue weighted by atomic mass is 10.2. The molecule has 0 amide bonds. The van der Waals surface area contributed by atoms with Gasteiger partial charge in [-0.1, -0.05) is 0 Å². The molecule has 0 unspecified atom stereocenters. The fourth-order valence-corrected chi connectivity index (χ4v) is 1.54. The Bertz CT molecular complexity index is 449. The van der Waals surface area contributed by atoms with Crippen LogP contribution in [0.15, 0.2) is 12.1 Å². The maximum absolute atomic E-state index is 10.9. The number of nitro benzene ring substituents is 1. The van der Waals surface area contributed by atoms with Crippen LogP contribution in [0.25, 0.3) is 0 Å². The number of nitro groups is 1. The molecule has 0 bridgehead atoms. The Balaban J connectivity index is 2.93. The second-order valence-electron chi connectivity index (χ2n) is 4.03. The number of aryl methyl sites for hydroxylation is 1. The van der Waals surface area contributed by atoms with Gasteiger partial charge in [0.2, 0.25) is 0 Å². The highest BCUT2D eigenvalue weighted by molar-refractivity contribution is 5.53. The Morgan fingerprint density at radius 2 is 1.50 bits per heavy atom. The highest BCUT2D eigenvalue weighted by atomic mass is 16.6. The van der Waals surface area contributed by atoms with Gasteiger partial charge >= 0.3 is 0 Å². The van der Waals surface area contributed by atoms with Crippen LogP contribution in [0.3, 0.4) is 0 Å². The van der Waals surface area contributed by atoms with Crippen molar-refractivity contribution in [1.29, 1.82) is 0 Å². The lowest BCUT2D eigenvalue weighted by Crippen LogP contribution is -2.09. The smallest absolute Gasteiger partial charge is 0.276 e. The van der Waals surface area contributed by atoms with Crippen LogP contribution in [0.4, 0.5) is 5.69 Å². The predicted octanol–water partition coefficient (Wildman–Crippen LogP) is 1.95. The fraction of sp³-hybridized carbons (Fsp3) is 0.538. The molecule has 112 valence electrons. The van der Waals surface area contributed by atoms with Crippen molar-refractivity contribution in [3.05, 3.63) is 27.8 Å². The molecule has 0 fully saturated rings. The number of hydrogen-bond donors (Lipinski definition) is 0. The van der Waals surface area contributed by atoms with Crippen LogP contribution >= 0.6 is 0 Å². The molecule has 1 aromatic carbocycles. The van der Waals surface area contributed by atoms with E-state index in [2.05, 4.69) is 0 Å². The summed E-state index contributed by atoms with van der Waals surface area (Å²) in [5.41, 5.74) is 0.512. The average Bonchev–Trinajstić information content (AvgIpc) is 2.41. The molecular formula is C13H19NO6. The third-order valence-corrected chi connectivity index (χ3v) is 2.55. The molecule has 0 aromatic heterocycles. The predicted molar refractivity (Wildman–Crippen MR) is 72.6 cm³/mol. The molecule has 0 saturated heterocycles. The van der Waals surface area contributed by atoms with Gasteiger partial charge in [-0.15, -0.1) is 0 Å². The number of nitrogens with zero attached hydrogens (tertiary/aromatic N) is 1. The van der Waals surface area contributed by atoms with Crippen LogP contribution in [-0.2, 0) is 9.47 Å². The molecule has 0 aliphatic heterocycles. The minimum absolute atomic E-state index is 0.00323. The van der Waals surface area contributed by atoms with Gasteiger partial charge in [-0.3, -0.25) is 10.1 Å². The van der Waals surface area contributed by atoms with Crippen LogP contribution < -0.4 is 9.47 Å². The maximum atomic E-state index is 10.9. The van der Waals surface area contributed by atoms with E-state index in [1.54, 1.807) is 27.2 Å². The lowest BCUT2D eigenvalue weighted by Gasteiger charge is -2.13. The summed E-state index contributed by atoms with van der Waals surface area (Å²) in [4.78, 5) is 10.5. The molecule has 0 heterocycles. The Morgan fingerprint density at radius 1 is 1.00 bits per heavy atom. The van der Waals surface area contributed by atoms with Gasteiger partial charge in [0.1, 0.15) is 13.2 Å². The topological polar surface area (TPSA) is 80.1 Å². The number of rotatable bonds is 9. The summed E-state index contributed by atoms with van der Waals surface area (Å²) in [6.07, 6.45) is 0. The molecule has 7 nitrogen and oxygen atoms in total. The van der Waals surface area contributed by atoms with E-state index < -0.39 is 4.92 Å². The number of methoxy groups -OCH3 is 2. The number of ether oxygens (including phenoxy) is 4. The molecule has 0 atom stereocenters. The fourth-order valence-electron chi connectivity index (χ4n) is 1.54. The van der Waals surface area contributed by atoms with Gasteiger partial charge in [-0.2, -0.15) is 0 Å². The minimum Gasteiger partial charge on any atom is -0.487 e. The van der Waals surface area contributed by atoms with Gasteiger partial charge in [-0.05, 0) is 13.0 Å². The Kier molecular flexibility index (Phi) is 6.75. The first-order chi connectivity index (χ1) is 9.60. The van der Waals surface area contributed by atoms with Crippen LogP contribution in [-0.4, -0.2) is 45.6 Å². The molecule has 0 spiro atoms. The van der Waals surface area contributed by atoms with Gasteiger partial charge < -0.3 is 18.9 Å². The zero-order valence-electron chi connectivity index (χ0n) is 11.9. The van der Waals surface area contributed by atoms with E-state index >= 15 is 0 Å². The quantitative estimate of drug-likeness (QED) is 0.392. The van der Waals surface area contributed by atoms with Gasteiger partial charge in [0.25, 0.3) is 5.69 Å². The summed E-state index contributed by atoms with van der Waals surface area (Å²) in [5.74, 6) is 0.789. The summed E-state index contributed by atoms with van der Waals surface area (Å²) in [7, 11) is 3.12. The summed E-state index contributed by atoms with van der Waals surface area (Å²) >= 11 is 0. The van der Waals surface area contributed by atoms with E-state index in [0.29, 0.717) is 36.9 Å². The van der Waals surface area contributed by atoms with Crippen molar-refractivity contribution in [2.24, 2.45) is 0 Å². The maximum Gasteiger partial charge on any atom is 0.276 e. The van der Waals surface area contributed by atoms with Crippen LogP contribution in [0.2, 0.25) is 0 Å². The van der Waals surface area contributed by atoms with Crippen molar-refractivity contribution in [3.63, 3.8) is 0 Å². The molecule has 0 N–H and O–H groups in total. The van der Waals surface area contributed by atoms with Crippen molar-refractivity contribution in [1.82, 2.24) is 0 Å². The zero-order valence-corrected chi connectivity index (χ0v) is 11.9. The van der Waals surface area contributed by atoms with E-state index in [-0.39, 0.29) is 12.3 Å². The van der Waals surface area contributed by atoms with E-state index in [9.17, 15) is 10.1 Å². The molecular weight excluding hydrogens is 266 g/mol. The monoisotopic (exact) mass is 285 g/mol. The average molecular weight is 285 g/mol. The highest BCUT2D eigenvalue weighted by Crippen LogP contribution is 2.34. The van der Waals surface area contributed by atoms with Crippen molar-refractivity contribution in [2.45, 2.75) is 6.92 Å². The van der Waals surface area contributed by atoms with E-state index in [1.165, 1.54) is 6.07 Å². The summed E-state index contributed by atoms with van der Waals surface area (Å²) in [6.45, 7) is 3.10. The molecule has 1 aromatic rings. The van der Waals surface area contributed by atoms with Gasteiger partial charge in [0.05, 0.1) is 24.2 Å². The van der Waals surface area contributed by atoms with E-state index in [4.69, 9.17) is 18.9 Å². The van der Waals surface area contributed by atoms with Gasteiger partial charge in [0, 0.05) is 19.8 Å². The second kappa shape index (κ2) is 8.34. The third-order valence-electron chi connectivity index (χ3n) is 2.55. The largest absolute Gasteiger partial charge is 0.487 e. The number of benzene rings is 1. The standard InChI is InChI=1S/C13H19NO6/c1-10-8-12(19-6-4-17-2)13(20-7-5-18-3)9-11(10)14(15)16/h8-9H,4-7H2,1-3H3. The third kappa shape index (κ3) is 4.67. The normalized spacial score (nSPS) is 10.3. The molecule has 20 heavy (non-hydrogen) atoms. The first-order valence-electron chi connectivity index (χ1n) is 6.12.